The van der Waals surface area contributed by atoms with Crippen LogP contribution >= 0.6 is 27.0 Å². The number of rotatable bonds is 25. The normalized spacial score (nSPS) is 14.0. The molecule has 2 aliphatic heterocycles. The first kappa shape index (κ1) is 78.0. The summed E-state index contributed by atoms with van der Waals surface area (Å²) >= 11 is 6.52. The number of fused-ring (bicyclic) bond motifs is 4. The van der Waals surface area contributed by atoms with Crippen molar-refractivity contribution in [3.8, 4) is 11.5 Å². The molecular formula is C76H92ClF6N4O8P2Si2+. The molecular weight excluding hydrogens is 1360 g/mol. The van der Waals surface area contributed by atoms with Gasteiger partial charge in [-0.25, -0.2) is 26.3 Å². The first-order chi connectivity index (χ1) is 46.8. The van der Waals surface area contributed by atoms with E-state index in [-0.39, 0.29) is 89.2 Å². The Balaban J connectivity index is 0.000000217. The Labute approximate surface area is 587 Å². The maximum atomic E-state index is 14.9. The molecule has 0 bridgehead atoms. The van der Waals surface area contributed by atoms with Crippen molar-refractivity contribution < 1.29 is 63.0 Å². The fraction of sp³-hybridized carbons (Fsp3) is 0.421. The second kappa shape index (κ2) is 32.9. The summed E-state index contributed by atoms with van der Waals surface area (Å²) in [5.41, 5.74) is 10.2. The number of nitrogens with zero attached hydrogens (tertiary/aromatic N) is 4. The van der Waals surface area contributed by atoms with Crippen LogP contribution in [0.25, 0.3) is 21.8 Å². The van der Waals surface area contributed by atoms with E-state index in [1.807, 2.05) is 19.3 Å². The third-order valence-electron chi connectivity index (χ3n) is 19.3. The minimum Gasteiger partial charge on any atom is -0.541 e. The maximum Gasteiger partial charge on any atom is 0.513 e. The highest BCUT2D eigenvalue weighted by atomic mass is 35.5. The monoisotopic (exact) mass is 1460 g/mol. The summed E-state index contributed by atoms with van der Waals surface area (Å²) in [4.78, 5) is 40.6. The van der Waals surface area contributed by atoms with Crippen molar-refractivity contribution in [3.63, 3.8) is 0 Å². The number of benzene rings is 6. The summed E-state index contributed by atoms with van der Waals surface area (Å²) in [6.45, 7) is 30.9. The van der Waals surface area contributed by atoms with E-state index in [2.05, 4.69) is 89.2 Å². The lowest BCUT2D eigenvalue weighted by Crippen LogP contribution is -2.51. The lowest BCUT2D eigenvalue weighted by molar-refractivity contribution is 0.0807. The van der Waals surface area contributed by atoms with Crippen LogP contribution in [0.1, 0.15) is 173 Å². The summed E-state index contributed by atoms with van der Waals surface area (Å²) in [5, 5.41) is 1.57. The molecule has 10 rings (SSSR count). The molecule has 2 aliphatic rings. The zero-order chi connectivity index (χ0) is 72.7. The molecule has 4 heterocycles. The van der Waals surface area contributed by atoms with Gasteiger partial charge in [0.1, 0.15) is 57.4 Å². The van der Waals surface area contributed by atoms with Crippen molar-refractivity contribution >= 4 is 77.3 Å². The number of aromatic nitrogens is 2. The third kappa shape index (κ3) is 16.8. The predicted molar refractivity (Wildman–Crippen MR) is 389 cm³/mol. The van der Waals surface area contributed by atoms with Crippen molar-refractivity contribution in [1.29, 1.82) is 0 Å². The fourth-order valence-electron chi connectivity index (χ4n) is 14.8. The van der Waals surface area contributed by atoms with Crippen LogP contribution in [0.5, 0.6) is 11.5 Å². The molecule has 0 fully saturated rings. The molecule has 12 nitrogen and oxygen atoms in total. The van der Waals surface area contributed by atoms with E-state index in [4.69, 9.17) is 39.5 Å². The number of alkyl halides is 1. The number of hydrogen-bond donors (Lipinski definition) is 0. The van der Waals surface area contributed by atoms with Gasteiger partial charge in [0, 0.05) is 61.8 Å². The smallest absolute Gasteiger partial charge is 0.513 e. The maximum absolute atomic E-state index is 14.9. The summed E-state index contributed by atoms with van der Waals surface area (Å²) < 4.78 is 134. The van der Waals surface area contributed by atoms with Crippen LogP contribution in [0, 0.1) is 34.9 Å². The van der Waals surface area contributed by atoms with Gasteiger partial charge in [-0.05, 0) is 170 Å². The average Bonchev–Trinajstić information content (AvgIpc) is 1.68. The van der Waals surface area contributed by atoms with E-state index in [1.54, 1.807) is 61.2 Å². The molecule has 0 spiro atoms. The van der Waals surface area contributed by atoms with Gasteiger partial charge in [-0.3, -0.25) is 24.1 Å². The summed E-state index contributed by atoms with van der Waals surface area (Å²) in [6, 6.07) is 23.9. The Morgan fingerprint density at radius 1 is 0.525 bits per heavy atom. The Kier molecular flexibility index (Phi) is 25.9. The van der Waals surface area contributed by atoms with Gasteiger partial charge in [0.2, 0.25) is 13.5 Å². The summed E-state index contributed by atoms with van der Waals surface area (Å²) in [7, 11) is -7.26. The largest absolute Gasteiger partial charge is 0.541 e. The standard InChI is InChI=1S/C38H46F3N2O4PSi.C29H36ClFN2O2Si.C9H10F2O2P/c1-9-46-48(45,22-32-33(40)11-10-12-34(32)41)21-31-29-18-27(17-26-13-15-28(39)16-14-26)19-42-36(29)37(35-30(31)20-43(8)38(35)44)47-49(23(2)3,24(4)5)25(6)7;1-17(2)36(18(3)4,19(5)6)35-28-26-25(16-33(7)29(26)34)24(14-30)23-13-21(15-32-27(23)28)12-20-8-10-22(31)11-9-20;1-2-13-14(12)6-7-8(10)4-3-5-9(7)11/h10-16,18-19,23-25H,9,17,20-22H2,1-8H3;8-11,13,15,17-19H,12,14,16H2,1-7H3;3-5H,2,6H2,1H3/q;;+1. The summed E-state index contributed by atoms with van der Waals surface area (Å²) in [5.74, 6) is -2.47. The molecule has 0 saturated heterocycles. The van der Waals surface area contributed by atoms with Crippen LogP contribution in [0.15, 0.2) is 109 Å². The van der Waals surface area contributed by atoms with E-state index in [1.165, 1.54) is 36.4 Å². The Bertz CT molecular complexity index is 4230. The Morgan fingerprint density at radius 3 is 1.25 bits per heavy atom. The van der Waals surface area contributed by atoms with Gasteiger partial charge in [0.25, 0.3) is 28.4 Å². The van der Waals surface area contributed by atoms with E-state index in [9.17, 15) is 45.1 Å². The molecule has 2 aromatic heterocycles. The number of amides is 2. The molecule has 0 radical (unpaired) electrons. The van der Waals surface area contributed by atoms with Gasteiger partial charge in [-0.2, -0.15) is 0 Å². The third-order valence-corrected chi connectivity index (χ3v) is 34.9. The highest BCUT2D eigenvalue weighted by molar-refractivity contribution is 7.57. The molecule has 6 aromatic carbocycles. The number of pyridine rings is 2. The first-order valence-electron chi connectivity index (χ1n) is 33.8. The van der Waals surface area contributed by atoms with Crippen LogP contribution in [0.4, 0.5) is 26.3 Å². The molecule has 0 N–H and O–H groups in total. The van der Waals surface area contributed by atoms with Crippen LogP contribution in [-0.2, 0) is 68.5 Å². The van der Waals surface area contributed by atoms with Gasteiger partial charge in [-0.15, -0.1) is 16.1 Å². The van der Waals surface area contributed by atoms with Gasteiger partial charge < -0.3 is 23.2 Å². The first-order valence-corrected chi connectivity index (χ1v) is 42.0. The number of carbonyl (C=O) groups is 2. The average molecular weight is 1460 g/mol. The van der Waals surface area contributed by atoms with Crippen molar-refractivity contribution in [3.05, 3.63) is 211 Å². The van der Waals surface area contributed by atoms with Crippen LogP contribution < -0.4 is 8.85 Å². The topological polar surface area (TPSA) is 137 Å². The Morgan fingerprint density at radius 2 is 0.889 bits per heavy atom. The molecule has 2 amide bonds. The zero-order valence-electron chi connectivity index (χ0n) is 59.5. The zero-order valence-corrected chi connectivity index (χ0v) is 64.1. The number of carbonyl (C=O) groups excluding carboxylic acids is 2. The van der Waals surface area contributed by atoms with Gasteiger partial charge in [0.15, 0.2) is 0 Å². The van der Waals surface area contributed by atoms with Gasteiger partial charge in [0.05, 0.1) is 42.2 Å². The highest BCUT2D eigenvalue weighted by Gasteiger charge is 2.51. The fourth-order valence-corrected chi connectivity index (χ4v) is 28.9. The van der Waals surface area contributed by atoms with E-state index in [0.29, 0.717) is 86.2 Å². The second-order valence-electron chi connectivity index (χ2n) is 27.6. The van der Waals surface area contributed by atoms with Crippen LogP contribution in [0.3, 0.4) is 0 Å². The molecule has 99 heavy (non-hydrogen) atoms. The van der Waals surface area contributed by atoms with E-state index < -0.39 is 61.5 Å². The second-order valence-corrected chi connectivity index (χ2v) is 42.3. The van der Waals surface area contributed by atoms with Crippen molar-refractivity contribution in [1.82, 2.24) is 19.8 Å². The van der Waals surface area contributed by atoms with Crippen molar-refractivity contribution in [2.45, 2.75) is 180 Å². The molecule has 23 heteroatoms. The van der Waals surface area contributed by atoms with Crippen LogP contribution in [0.2, 0.25) is 33.2 Å². The van der Waals surface area contributed by atoms with E-state index >= 15 is 0 Å². The van der Waals surface area contributed by atoms with Gasteiger partial charge in [-0.1, -0.05) is 119 Å². The minimum absolute atomic E-state index is 0.0374. The van der Waals surface area contributed by atoms with Crippen LogP contribution in [-0.4, -0.2) is 75.5 Å². The van der Waals surface area contributed by atoms with E-state index in [0.717, 1.165) is 63.0 Å². The minimum atomic E-state index is -3.79. The highest BCUT2D eigenvalue weighted by Crippen LogP contribution is 2.58. The van der Waals surface area contributed by atoms with Crippen molar-refractivity contribution in [2.24, 2.45) is 0 Å². The lowest BCUT2D eigenvalue weighted by atomic mass is 9.95. The predicted octanol–water partition coefficient (Wildman–Crippen LogP) is 21.5. The molecule has 0 saturated carbocycles. The molecule has 0 aliphatic carbocycles. The molecule has 8 aromatic rings. The lowest BCUT2D eigenvalue weighted by Gasteiger charge is -2.42. The number of hydrogen-bond acceptors (Lipinski definition) is 10. The molecule has 2 unspecified atom stereocenters. The summed E-state index contributed by atoms with van der Waals surface area (Å²) in [6.07, 6.45) is 3.80. The molecule has 2 atom stereocenters. The van der Waals surface area contributed by atoms with Gasteiger partial charge >= 0.3 is 8.03 Å². The quantitative estimate of drug-likeness (QED) is 0.0235. The molecule has 530 valence electrons. The Hall–Kier alpha value is -6.77. The number of halogens is 7. The van der Waals surface area contributed by atoms with Crippen molar-refractivity contribution in [2.75, 3.05) is 27.3 Å². The SMILES string of the molecule is CC(C)[Si](Oc1c2c(c(CCl)c3cc(Cc4ccc(F)cc4)cnc13)CN(C)C2=O)(C(C)C)C(C)C.CCOP(=O)(Cc1c(F)cccc1F)Cc1c2c(c(O[Si](C(C)C)(C(C)C)C(C)C)c3ncc(Cc4ccc(F)cc4)cc13)C(=O)N(C)C2.CCO[P+](=O)Cc1c(F)cccc1F.